The number of rotatable bonds is 10. The van der Waals surface area contributed by atoms with Crippen molar-refractivity contribution in [1.29, 1.82) is 0 Å². The Hall–Kier alpha value is -4.32. The molecule has 6 nitrogen and oxygen atoms in total. The second-order valence-electron chi connectivity index (χ2n) is 12.2. The molecule has 0 atom stereocenters. The van der Waals surface area contributed by atoms with E-state index in [0.29, 0.717) is 11.5 Å². The third kappa shape index (κ3) is 6.85. The minimum atomic E-state index is -0.00811. The number of para-hydroxylation sites is 2. The molecule has 0 radical (unpaired) electrons. The minimum absolute atomic E-state index is 0.00811. The number of fused-ring (bicyclic) bond motifs is 2. The molecular formula is C37H41N5O. The molecule has 6 rings (SSSR count). The summed E-state index contributed by atoms with van der Waals surface area (Å²) in [6.45, 7) is 0.733. The fourth-order valence-corrected chi connectivity index (χ4v) is 6.45. The van der Waals surface area contributed by atoms with Crippen LogP contribution in [0.25, 0.3) is 33.1 Å². The standard InChI is InChI=1S/C37H41N5O/c1-42(2)36-30-16-8-10-18-33(30)40-35(41-36)19-11-6-12-26-20-22-27(23-21-26)25-38-37(43)31-24-34(28-13-4-3-5-14-28)39-32-17-9-7-15-29(31)32/h3-5,7-10,13-18,24,26-27H,6,11-12,19-23,25H2,1-2H3,(H,38,43). The van der Waals surface area contributed by atoms with Crippen LogP contribution < -0.4 is 10.2 Å². The third-order valence-corrected chi connectivity index (χ3v) is 8.86. The van der Waals surface area contributed by atoms with Gasteiger partial charge in [-0.1, -0.05) is 86.3 Å². The Bertz CT molecular complexity index is 1690. The van der Waals surface area contributed by atoms with Crippen molar-refractivity contribution in [1.82, 2.24) is 20.3 Å². The van der Waals surface area contributed by atoms with E-state index in [1.807, 2.05) is 86.9 Å². The lowest BCUT2D eigenvalue weighted by Gasteiger charge is -2.28. The van der Waals surface area contributed by atoms with Crippen molar-refractivity contribution in [2.75, 3.05) is 25.5 Å². The first-order chi connectivity index (χ1) is 21.0. The third-order valence-electron chi connectivity index (χ3n) is 8.86. The van der Waals surface area contributed by atoms with E-state index in [1.54, 1.807) is 0 Å². The van der Waals surface area contributed by atoms with Crippen molar-refractivity contribution in [2.24, 2.45) is 11.8 Å². The number of carbonyl (C=O) groups excluding carboxylic acids is 1. The average molecular weight is 572 g/mol. The molecule has 1 N–H and O–H groups in total. The number of benzene rings is 3. The molecule has 3 aromatic carbocycles. The molecule has 2 heterocycles. The molecule has 0 aliphatic heterocycles. The Morgan fingerprint density at radius 1 is 0.767 bits per heavy atom. The van der Waals surface area contributed by atoms with Gasteiger partial charge in [0.05, 0.1) is 22.3 Å². The molecule has 6 heteroatoms. The summed E-state index contributed by atoms with van der Waals surface area (Å²) in [6, 6.07) is 28.2. The second kappa shape index (κ2) is 13.3. The zero-order valence-corrected chi connectivity index (χ0v) is 25.3. The van der Waals surface area contributed by atoms with Gasteiger partial charge in [0.15, 0.2) is 0 Å². The van der Waals surface area contributed by atoms with Gasteiger partial charge in [-0.25, -0.2) is 15.0 Å². The highest BCUT2D eigenvalue weighted by atomic mass is 16.1. The van der Waals surface area contributed by atoms with Gasteiger partial charge in [-0.2, -0.15) is 0 Å². The van der Waals surface area contributed by atoms with Crippen LogP contribution in [0.5, 0.6) is 0 Å². The van der Waals surface area contributed by atoms with Gasteiger partial charge in [0.25, 0.3) is 5.91 Å². The monoisotopic (exact) mass is 571 g/mol. The summed E-state index contributed by atoms with van der Waals surface area (Å²) < 4.78 is 0. The topological polar surface area (TPSA) is 71.0 Å². The summed E-state index contributed by atoms with van der Waals surface area (Å²) in [5.41, 5.74) is 4.42. The Morgan fingerprint density at radius 2 is 1.42 bits per heavy atom. The Morgan fingerprint density at radius 3 is 2.16 bits per heavy atom. The van der Waals surface area contributed by atoms with E-state index in [0.717, 1.165) is 70.0 Å². The highest BCUT2D eigenvalue weighted by Crippen LogP contribution is 2.32. The maximum atomic E-state index is 13.4. The highest BCUT2D eigenvalue weighted by molar-refractivity contribution is 6.07. The number of aryl methyl sites for hydroxylation is 1. The van der Waals surface area contributed by atoms with E-state index in [9.17, 15) is 4.79 Å². The molecule has 1 saturated carbocycles. The van der Waals surface area contributed by atoms with Crippen LogP contribution in [0, 0.1) is 11.8 Å². The molecule has 0 saturated heterocycles. The minimum Gasteiger partial charge on any atom is -0.362 e. The van der Waals surface area contributed by atoms with Gasteiger partial charge in [0, 0.05) is 43.4 Å². The van der Waals surface area contributed by atoms with Crippen LogP contribution in [-0.2, 0) is 6.42 Å². The van der Waals surface area contributed by atoms with E-state index < -0.39 is 0 Å². The summed E-state index contributed by atoms with van der Waals surface area (Å²) in [7, 11) is 4.09. The van der Waals surface area contributed by atoms with Crippen LogP contribution in [0.3, 0.4) is 0 Å². The SMILES string of the molecule is CN(C)c1nc(CCCCC2CCC(CNC(=O)c3cc(-c4ccccc4)nc4ccccc34)CC2)nc2ccccc12. The normalized spacial score (nSPS) is 16.8. The largest absolute Gasteiger partial charge is 0.362 e. The highest BCUT2D eigenvalue weighted by Gasteiger charge is 2.22. The van der Waals surface area contributed by atoms with Gasteiger partial charge in [0.2, 0.25) is 0 Å². The van der Waals surface area contributed by atoms with Crippen LogP contribution in [0.4, 0.5) is 5.82 Å². The zero-order valence-electron chi connectivity index (χ0n) is 25.3. The van der Waals surface area contributed by atoms with Gasteiger partial charge in [0.1, 0.15) is 11.6 Å². The number of amides is 1. The fourth-order valence-electron chi connectivity index (χ4n) is 6.45. The number of hydrogen-bond donors (Lipinski definition) is 1. The van der Waals surface area contributed by atoms with E-state index in [-0.39, 0.29) is 5.91 Å². The first-order valence-corrected chi connectivity index (χ1v) is 15.7. The summed E-state index contributed by atoms with van der Waals surface area (Å²) in [6.07, 6.45) is 9.35. The molecular weight excluding hydrogens is 530 g/mol. The van der Waals surface area contributed by atoms with Gasteiger partial charge in [-0.15, -0.1) is 0 Å². The first-order valence-electron chi connectivity index (χ1n) is 15.7. The van der Waals surface area contributed by atoms with Crippen LogP contribution in [0.2, 0.25) is 0 Å². The molecule has 220 valence electrons. The quantitative estimate of drug-likeness (QED) is 0.173. The molecule has 0 spiro atoms. The molecule has 1 amide bonds. The van der Waals surface area contributed by atoms with Crippen LogP contribution in [0.1, 0.15) is 61.1 Å². The molecule has 1 aliphatic rings. The molecule has 5 aromatic rings. The molecule has 1 fully saturated rings. The number of aromatic nitrogens is 3. The Balaban J connectivity index is 0.982. The molecule has 0 bridgehead atoms. The van der Waals surface area contributed by atoms with Crippen molar-refractivity contribution in [3.05, 3.63) is 96.3 Å². The summed E-state index contributed by atoms with van der Waals surface area (Å²) in [5.74, 6) is 3.25. The lowest BCUT2D eigenvalue weighted by Crippen LogP contribution is -2.31. The number of hydrogen-bond acceptors (Lipinski definition) is 5. The van der Waals surface area contributed by atoms with Crippen molar-refractivity contribution >= 4 is 33.5 Å². The lowest BCUT2D eigenvalue weighted by atomic mass is 9.79. The fraction of sp³-hybridized carbons (Fsp3) is 0.351. The molecule has 1 aliphatic carbocycles. The van der Waals surface area contributed by atoms with Gasteiger partial charge >= 0.3 is 0 Å². The van der Waals surface area contributed by atoms with Gasteiger partial charge in [-0.05, 0) is 55.4 Å². The van der Waals surface area contributed by atoms with E-state index in [1.165, 1.54) is 38.5 Å². The Labute approximate surface area is 254 Å². The number of nitrogens with one attached hydrogen (secondary N) is 1. The summed E-state index contributed by atoms with van der Waals surface area (Å²) >= 11 is 0. The lowest BCUT2D eigenvalue weighted by molar-refractivity contribution is 0.0942. The smallest absolute Gasteiger partial charge is 0.252 e. The van der Waals surface area contributed by atoms with E-state index in [2.05, 4.69) is 22.3 Å². The van der Waals surface area contributed by atoms with Crippen molar-refractivity contribution in [3.8, 4) is 11.3 Å². The van der Waals surface area contributed by atoms with Crippen LogP contribution in [-0.4, -0.2) is 41.5 Å². The number of pyridine rings is 1. The van der Waals surface area contributed by atoms with Gasteiger partial charge in [-0.3, -0.25) is 4.79 Å². The number of anilines is 1. The van der Waals surface area contributed by atoms with Crippen molar-refractivity contribution < 1.29 is 4.79 Å². The van der Waals surface area contributed by atoms with Crippen molar-refractivity contribution in [2.45, 2.75) is 51.4 Å². The van der Waals surface area contributed by atoms with Crippen molar-refractivity contribution in [3.63, 3.8) is 0 Å². The number of unbranched alkanes of at least 4 members (excludes halogenated alkanes) is 1. The number of nitrogens with zero attached hydrogens (tertiary/aromatic N) is 4. The van der Waals surface area contributed by atoms with Gasteiger partial charge < -0.3 is 10.2 Å². The van der Waals surface area contributed by atoms with E-state index in [4.69, 9.17) is 15.0 Å². The summed E-state index contributed by atoms with van der Waals surface area (Å²) in [5, 5.41) is 5.27. The summed E-state index contributed by atoms with van der Waals surface area (Å²) in [4.78, 5) is 30.0. The average Bonchev–Trinajstić information content (AvgIpc) is 3.05. The van der Waals surface area contributed by atoms with Crippen LogP contribution in [0.15, 0.2) is 84.9 Å². The predicted molar refractivity (Wildman–Crippen MR) is 176 cm³/mol. The Kier molecular flexibility index (Phi) is 8.92. The predicted octanol–water partition coefficient (Wildman–Crippen LogP) is 7.86. The number of carbonyl (C=O) groups is 1. The second-order valence-corrected chi connectivity index (χ2v) is 12.2. The van der Waals surface area contributed by atoms with E-state index >= 15 is 0 Å². The molecule has 2 aromatic heterocycles. The molecule has 0 unspecified atom stereocenters. The zero-order chi connectivity index (χ0) is 29.6. The first kappa shape index (κ1) is 28.8. The molecule has 43 heavy (non-hydrogen) atoms. The van der Waals surface area contributed by atoms with Crippen LogP contribution >= 0.6 is 0 Å². The maximum Gasteiger partial charge on any atom is 0.252 e. The maximum absolute atomic E-state index is 13.4.